The molecule has 2 N–H and O–H groups in total. The molecule has 1 fully saturated rings. The lowest BCUT2D eigenvalue weighted by Gasteiger charge is -2.29. The molecule has 184 valence electrons. The van der Waals surface area contributed by atoms with Crippen LogP contribution < -0.4 is 10.6 Å². The Balaban J connectivity index is 1.67. The number of rotatable bonds is 6. The van der Waals surface area contributed by atoms with Crippen LogP contribution in [0.1, 0.15) is 44.7 Å². The van der Waals surface area contributed by atoms with Crippen LogP contribution in [-0.4, -0.2) is 58.6 Å². The topological polar surface area (TPSA) is 101 Å². The van der Waals surface area contributed by atoms with E-state index in [9.17, 15) is 14.4 Å². The monoisotopic (exact) mass is 476 g/mol. The first-order valence-corrected chi connectivity index (χ1v) is 11.7. The van der Waals surface area contributed by atoms with Gasteiger partial charge in [-0.3, -0.25) is 14.6 Å². The van der Waals surface area contributed by atoms with Crippen molar-refractivity contribution in [1.29, 1.82) is 0 Å². The lowest BCUT2D eigenvalue weighted by molar-refractivity contribution is -0.139. The molecular weight excluding hydrogens is 444 g/mol. The molecule has 0 spiro atoms. The normalized spacial score (nSPS) is 16.0. The molecule has 1 aliphatic rings. The van der Waals surface area contributed by atoms with Crippen LogP contribution in [0.5, 0.6) is 0 Å². The summed E-state index contributed by atoms with van der Waals surface area (Å²) in [6, 6.07) is 11.6. The lowest BCUT2D eigenvalue weighted by Crippen LogP contribution is -2.54. The van der Waals surface area contributed by atoms with E-state index in [1.807, 2.05) is 30.3 Å². The number of pyridine rings is 1. The van der Waals surface area contributed by atoms with Crippen LogP contribution in [0.25, 0.3) is 0 Å². The molecule has 3 rings (SSSR count). The lowest BCUT2D eigenvalue weighted by atomic mass is 10.0. The van der Waals surface area contributed by atoms with E-state index in [0.29, 0.717) is 25.8 Å². The van der Waals surface area contributed by atoms with E-state index >= 15 is 0 Å². The quantitative estimate of drug-likeness (QED) is 0.625. The summed E-state index contributed by atoms with van der Waals surface area (Å²) in [6.07, 6.45) is 4.19. The van der Waals surface area contributed by atoms with Crippen LogP contribution in [0.2, 0.25) is 0 Å². The van der Waals surface area contributed by atoms with Crippen LogP contribution in [0.4, 0.5) is 4.79 Å². The second kappa shape index (κ2) is 12.0. The molecule has 2 atom stereocenters. The van der Waals surface area contributed by atoms with Crippen molar-refractivity contribution in [3.05, 3.63) is 66.0 Å². The van der Waals surface area contributed by atoms with Gasteiger partial charge in [-0.05, 0) is 51.3 Å². The van der Waals surface area contributed by atoms with Crippen LogP contribution in [0.15, 0.2) is 54.9 Å². The summed E-state index contributed by atoms with van der Waals surface area (Å²) in [6.45, 7) is 5.90. The van der Waals surface area contributed by atoms with Crippen molar-refractivity contribution in [3.8, 4) is 11.8 Å². The van der Waals surface area contributed by atoms with Gasteiger partial charge in [0.15, 0.2) is 0 Å². The third-order valence-electron chi connectivity index (χ3n) is 5.37. The van der Waals surface area contributed by atoms with Crippen molar-refractivity contribution in [2.75, 3.05) is 13.1 Å². The number of likely N-dealkylation sites (tertiary alicyclic amines) is 1. The standard InChI is InChI=1S/C27H32N4O4/c1-27(2,3)35-26(34)30-22(19-21-9-5-4-6-10-21)25(33)31-18-8-12-23(31)24(32)29-15-7-11-20-13-16-28-17-14-20/h4-6,9-10,13-14,16-17,22-23H,8,12,15,18-19H2,1-3H3,(H,29,32)(H,30,34)/t22-,23+/m1/s1. The smallest absolute Gasteiger partial charge is 0.408 e. The minimum absolute atomic E-state index is 0.170. The number of ether oxygens (including phenoxy) is 1. The number of benzene rings is 1. The fourth-order valence-electron chi connectivity index (χ4n) is 3.83. The fourth-order valence-corrected chi connectivity index (χ4v) is 3.83. The van der Waals surface area contributed by atoms with Gasteiger partial charge in [-0.15, -0.1) is 0 Å². The summed E-state index contributed by atoms with van der Waals surface area (Å²) >= 11 is 0. The Morgan fingerprint density at radius 3 is 2.54 bits per heavy atom. The maximum absolute atomic E-state index is 13.5. The number of hydrogen-bond acceptors (Lipinski definition) is 5. The highest BCUT2D eigenvalue weighted by atomic mass is 16.6. The van der Waals surface area contributed by atoms with Gasteiger partial charge in [0, 0.05) is 30.9 Å². The van der Waals surface area contributed by atoms with Crippen LogP contribution >= 0.6 is 0 Å². The molecule has 1 saturated heterocycles. The number of alkyl carbamates (subject to hydrolysis) is 1. The van der Waals surface area contributed by atoms with Crippen molar-refractivity contribution < 1.29 is 19.1 Å². The Morgan fingerprint density at radius 2 is 1.86 bits per heavy atom. The van der Waals surface area contributed by atoms with Gasteiger partial charge in [-0.2, -0.15) is 0 Å². The molecule has 1 aromatic carbocycles. The van der Waals surface area contributed by atoms with Crippen molar-refractivity contribution in [1.82, 2.24) is 20.5 Å². The van der Waals surface area contributed by atoms with Gasteiger partial charge < -0.3 is 20.3 Å². The van der Waals surface area contributed by atoms with Crippen molar-refractivity contribution in [3.63, 3.8) is 0 Å². The highest BCUT2D eigenvalue weighted by Crippen LogP contribution is 2.20. The Kier molecular flexibility index (Phi) is 8.85. The van der Waals surface area contributed by atoms with Gasteiger partial charge in [-0.1, -0.05) is 42.2 Å². The number of nitrogens with zero attached hydrogens (tertiary/aromatic N) is 2. The van der Waals surface area contributed by atoms with Gasteiger partial charge in [0.1, 0.15) is 17.7 Å². The summed E-state index contributed by atoms with van der Waals surface area (Å²) in [5.41, 5.74) is 1.01. The molecule has 1 aromatic heterocycles. The van der Waals surface area contributed by atoms with Crippen LogP contribution in [0.3, 0.4) is 0 Å². The number of amides is 3. The third-order valence-corrected chi connectivity index (χ3v) is 5.37. The van der Waals surface area contributed by atoms with E-state index in [2.05, 4.69) is 27.5 Å². The van der Waals surface area contributed by atoms with E-state index < -0.39 is 23.8 Å². The molecular formula is C27H32N4O4. The first-order chi connectivity index (χ1) is 16.7. The maximum atomic E-state index is 13.5. The summed E-state index contributed by atoms with van der Waals surface area (Å²) in [7, 11) is 0. The molecule has 0 aliphatic carbocycles. The molecule has 0 unspecified atom stereocenters. The Hall–Kier alpha value is -3.86. The average molecular weight is 477 g/mol. The van der Waals surface area contributed by atoms with E-state index in [1.54, 1.807) is 50.2 Å². The van der Waals surface area contributed by atoms with E-state index in [1.165, 1.54) is 0 Å². The molecule has 2 heterocycles. The first-order valence-electron chi connectivity index (χ1n) is 11.7. The van der Waals surface area contributed by atoms with Crippen molar-refractivity contribution in [2.24, 2.45) is 0 Å². The highest BCUT2D eigenvalue weighted by Gasteiger charge is 2.38. The minimum atomic E-state index is -0.855. The first kappa shape index (κ1) is 25.8. The highest BCUT2D eigenvalue weighted by molar-refractivity contribution is 5.92. The second-order valence-electron chi connectivity index (χ2n) is 9.33. The molecule has 8 nitrogen and oxygen atoms in total. The second-order valence-corrected chi connectivity index (χ2v) is 9.33. The summed E-state index contributed by atoms with van der Waals surface area (Å²) in [4.78, 5) is 44.4. The number of aromatic nitrogens is 1. The molecule has 0 bridgehead atoms. The zero-order chi connectivity index (χ0) is 25.3. The van der Waals surface area contributed by atoms with Crippen molar-refractivity contribution >= 4 is 17.9 Å². The molecule has 0 radical (unpaired) electrons. The minimum Gasteiger partial charge on any atom is -0.444 e. The Labute approximate surface area is 206 Å². The van der Waals surface area contributed by atoms with Crippen LogP contribution in [0, 0.1) is 11.8 Å². The number of nitrogens with one attached hydrogen (secondary N) is 2. The maximum Gasteiger partial charge on any atom is 0.408 e. The average Bonchev–Trinajstić information content (AvgIpc) is 3.31. The predicted octanol–water partition coefficient (Wildman–Crippen LogP) is 2.68. The molecule has 8 heteroatoms. The predicted molar refractivity (Wildman–Crippen MR) is 132 cm³/mol. The Bertz CT molecular complexity index is 1070. The van der Waals surface area contributed by atoms with Gasteiger partial charge in [0.05, 0.1) is 6.54 Å². The van der Waals surface area contributed by atoms with Gasteiger partial charge >= 0.3 is 6.09 Å². The molecule has 3 amide bonds. The third kappa shape index (κ3) is 8.14. The number of carbonyl (C=O) groups is 3. The zero-order valence-corrected chi connectivity index (χ0v) is 20.4. The summed E-state index contributed by atoms with van der Waals surface area (Å²) < 4.78 is 5.38. The van der Waals surface area contributed by atoms with Gasteiger partial charge in [-0.25, -0.2) is 4.79 Å². The molecule has 0 saturated carbocycles. The molecule has 2 aromatic rings. The summed E-state index contributed by atoms with van der Waals surface area (Å²) in [5, 5.41) is 5.52. The van der Waals surface area contributed by atoms with Crippen LogP contribution in [-0.2, 0) is 20.7 Å². The Morgan fingerprint density at radius 1 is 1.14 bits per heavy atom. The molecule has 35 heavy (non-hydrogen) atoms. The van der Waals surface area contributed by atoms with E-state index in [0.717, 1.165) is 11.1 Å². The van der Waals surface area contributed by atoms with Gasteiger partial charge in [0.2, 0.25) is 11.8 Å². The van der Waals surface area contributed by atoms with Gasteiger partial charge in [0.25, 0.3) is 0 Å². The largest absolute Gasteiger partial charge is 0.444 e. The zero-order valence-electron chi connectivity index (χ0n) is 20.4. The number of carbonyl (C=O) groups excluding carboxylic acids is 3. The van der Waals surface area contributed by atoms with E-state index in [4.69, 9.17) is 4.74 Å². The van der Waals surface area contributed by atoms with Crippen molar-refractivity contribution in [2.45, 2.75) is 57.7 Å². The summed E-state index contributed by atoms with van der Waals surface area (Å²) in [5.74, 6) is 5.32. The number of hydrogen-bond donors (Lipinski definition) is 2. The molecule has 1 aliphatic heterocycles. The SMILES string of the molecule is CC(C)(C)OC(=O)N[C@H](Cc1ccccc1)C(=O)N1CCC[C@H]1C(=O)NCC#Cc1ccncc1. The fraction of sp³-hybridized carbons (Fsp3) is 0.407. The van der Waals surface area contributed by atoms with E-state index in [-0.39, 0.29) is 18.4 Å².